The third-order valence-electron chi connectivity index (χ3n) is 6.67. The second kappa shape index (κ2) is 8.68. The molecular weight excluding hydrogens is 504 g/mol. The highest BCUT2D eigenvalue weighted by Gasteiger charge is 2.28. The molecule has 1 aliphatic rings. The van der Waals surface area contributed by atoms with Crippen LogP contribution in [0.5, 0.6) is 0 Å². The predicted molar refractivity (Wildman–Crippen MR) is 143 cm³/mol. The molecule has 38 heavy (non-hydrogen) atoms. The van der Waals surface area contributed by atoms with Crippen molar-refractivity contribution in [1.29, 1.82) is 0 Å². The number of aromatic nitrogens is 3. The van der Waals surface area contributed by atoms with Crippen molar-refractivity contribution in [1.82, 2.24) is 14.8 Å². The molecule has 10 nitrogen and oxygen atoms in total. The molecule has 0 saturated heterocycles. The summed E-state index contributed by atoms with van der Waals surface area (Å²) in [6, 6.07) is 20.9. The van der Waals surface area contributed by atoms with E-state index in [9.17, 15) is 18.0 Å². The molecular formula is C27H22N6O4S. The van der Waals surface area contributed by atoms with Gasteiger partial charge in [0.05, 0.1) is 16.3 Å². The monoisotopic (exact) mass is 526 g/mol. The number of hydrogen-bond donors (Lipinski definition) is 4. The molecule has 190 valence electrons. The molecule has 1 aliphatic carbocycles. The number of rotatable bonds is 5. The van der Waals surface area contributed by atoms with Gasteiger partial charge < -0.3 is 16.0 Å². The van der Waals surface area contributed by atoms with Crippen LogP contribution >= 0.6 is 0 Å². The van der Waals surface area contributed by atoms with Crippen LogP contribution in [0.15, 0.2) is 77.7 Å². The van der Waals surface area contributed by atoms with Crippen LogP contribution in [-0.2, 0) is 22.9 Å². The van der Waals surface area contributed by atoms with Crippen molar-refractivity contribution in [2.45, 2.75) is 17.7 Å². The summed E-state index contributed by atoms with van der Waals surface area (Å²) < 4.78 is 25.0. The summed E-state index contributed by atoms with van der Waals surface area (Å²) in [5, 5.41) is 13.6. The zero-order valence-corrected chi connectivity index (χ0v) is 20.7. The van der Waals surface area contributed by atoms with Gasteiger partial charge in [-0.15, -0.1) is 0 Å². The molecule has 2 amide bonds. The van der Waals surface area contributed by atoms with Crippen LogP contribution in [0.2, 0.25) is 0 Å². The lowest BCUT2D eigenvalue weighted by molar-refractivity contribution is 0.0992. The number of benzene rings is 3. The minimum Gasteiger partial charge on any atom is -0.364 e. The summed E-state index contributed by atoms with van der Waals surface area (Å²) in [6.07, 6.45) is 1.21. The molecule has 0 aliphatic heterocycles. The molecule has 2 aromatic heterocycles. The summed E-state index contributed by atoms with van der Waals surface area (Å²) in [5.41, 5.74) is 11.3. The average Bonchev–Trinajstić information content (AvgIpc) is 3.51. The van der Waals surface area contributed by atoms with Crippen molar-refractivity contribution in [3.63, 3.8) is 0 Å². The number of amides is 2. The average molecular weight is 527 g/mol. The third-order valence-corrected chi connectivity index (χ3v) is 7.60. The minimum absolute atomic E-state index is 0.0419. The van der Waals surface area contributed by atoms with Gasteiger partial charge in [0.2, 0.25) is 10.0 Å². The second-order valence-corrected chi connectivity index (χ2v) is 10.6. The molecule has 0 unspecified atom stereocenters. The lowest BCUT2D eigenvalue weighted by Crippen LogP contribution is -2.15. The summed E-state index contributed by atoms with van der Waals surface area (Å²) in [5.74, 6) is -0.949. The van der Waals surface area contributed by atoms with Crippen molar-refractivity contribution in [2.24, 2.45) is 10.9 Å². The molecule has 0 spiro atoms. The number of primary amides is 1. The van der Waals surface area contributed by atoms with Crippen molar-refractivity contribution in [2.75, 3.05) is 5.32 Å². The van der Waals surface area contributed by atoms with E-state index < -0.39 is 15.9 Å². The number of nitrogens with two attached hydrogens (primary N) is 2. The number of carbonyl (C=O) groups is 2. The number of para-hydroxylation sites is 1. The first-order chi connectivity index (χ1) is 18.2. The largest absolute Gasteiger partial charge is 0.364 e. The van der Waals surface area contributed by atoms with E-state index >= 15 is 0 Å². The Bertz CT molecular complexity index is 1840. The van der Waals surface area contributed by atoms with Crippen LogP contribution in [0.4, 0.5) is 5.69 Å². The van der Waals surface area contributed by atoms with Gasteiger partial charge in [0, 0.05) is 27.7 Å². The maximum Gasteiger partial charge on any atom is 0.272 e. The Labute approximate surface area is 217 Å². The van der Waals surface area contributed by atoms with Crippen LogP contribution in [0.3, 0.4) is 0 Å². The van der Waals surface area contributed by atoms with Gasteiger partial charge in [-0.3, -0.25) is 9.59 Å². The highest BCUT2D eigenvalue weighted by atomic mass is 32.2. The van der Waals surface area contributed by atoms with Gasteiger partial charge in [-0.1, -0.05) is 24.3 Å². The third kappa shape index (κ3) is 4.03. The molecule has 0 bridgehead atoms. The van der Waals surface area contributed by atoms with Gasteiger partial charge in [0.1, 0.15) is 5.69 Å². The SMILES string of the molecule is NC(=O)c1nn(-c2ccc(S(N)(=O)=O)cc2)c2c1CCc1ccc(NC(=O)c3cc4ccccc4[nH]3)cc1-2. The zero-order chi connectivity index (χ0) is 26.6. The molecule has 0 radical (unpaired) electrons. The van der Waals surface area contributed by atoms with Gasteiger partial charge in [0.15, 0.2) is 5.69 Å². The first kappa shape index (κ1) is 23.6. The lowest BCUT2D eigenvalue weighted by Gasteiger charge is -2.20. The van der Waals surface area contributed by atoms with Crippen molar-refractivity contribution in [3.05, 3.63) is 95.3 Å². The zero-order valence-electron chi connectivity index (χ0n) is 19.9. The minimum atomic E-state index is -3.87. The number of nitrogens with one attached hydrogen (secondary N) is 2. The number of primary sulfonamides is 1. The van der Waals surface area contributed by atoms with Gasteiger partial charge in [-0.25, -0.2) is 18.2 Å². The van der Waals surface area contributed by atoms with Crippen LogP contribution in [0.25, 0.3) is 27.8 Å². The van der Waals surface area contributed by atoms with Crippen LogP contribution in [-0.4, -0.2) is 35.0 Å². The fourth-order valence-corrected chi connectivity index (χ4v) is 5.39. The van der Waals surface area contributed by atoms with Gasteiger partial charge in [-0.2, -0.15) is 5.10 Å². The highest BCUT2D eigenvalue weighted by molar-refractivity contribution is 7.89. The van der Waals surface area contributed by atoms with E-state index in [-0.39, 0.29) is 16.5 Å². The fourth-order valence-electron chi connectivity index (χ4n) is 4.87. The summed E-state index contributed by atoms with van der Waals surface area (Å²) in [7, 11) is -3.87. The van der Waals surface area contributed by atoms with E-state index in [1.807, 2.05) is 42.5 Å². The molecule has 3 aromatic carbocycles. The Morgan fingerprint density at radius 2 is 1.74 bits per heavy atom. The van der Waals surface area contributed by atoms with E-state index in [2.05, 4.69) is 15.4 Å². The number of carbonyl (C=O) groups excluding carboxylic acids is 2. The first-order valence-electron chi connectivity index (χ1n) is 11.8. The van der Waals surface area contributed by atoms with Crippen molar-refractivity contribution in [3.8, 4) is 16.9 Å². The fraction of sp³-hybridized carbons (Fsp3) is 0.0741. The second-order valence-electron chi connectivity index (χ2n) is 9.09. The first-order valence-corrected chi connectivity index (χ1v) is 13.3. The van der Waals surface area contributed by atoms with E-state index in [0.29, 0.717) is 41.2 Å². The topological polar surface area (TPSA) is 166 Å². The Balaban J connectivity index is 1.42. The van der Waals surface area contributed by atoms with Crippen molar-refractivity contribution < 1.29 is 18.0 Å². The number of H-pyrrole nitrogens is 1. The maximum absolute atomic E-state index is 13.0. The van der Waals surface area contributed by atoms with E-state index in [1.54, 1.807) is 22.9 Å². The highest BCUT2D eigenvalue weighted by Crippen LogP contribution is 2.38. The Morgan fingerprint density at radius 3 is 2.45 bits per heavy atom. The molecule has 0 atom stereocenters. The number of fused-ring (bicyclic) bond motifs is 4. The molecule has 0 fully saturated rings. The molecule has 0 saturated carbocycles. The predicted octanol–water partition coefficient (Wildman–Crippen LogP) is 3.12. The Hall–Kier alpha value is -4.74. The molecule has 5 aromatic rings. The molecule has 11 heteroatoms. The summed E-state index contributed by atoms with van der Waals surface area (Å²) in [6.45, 7) is 0. The molecule has 6 N–H and O–H groups in total. The van der Waals surface area contributed by atoms with Crippen LogP contribution in [0, 0.1) is 0 Å². The molecule has 2 heterocycles. The number of nitrogens with zero attached hydrogens (tertiary/aromatic N) is 2. The Kier molecular flexibility index (Phi) is 5.40. The maximum atomic E-state index is 13.0. The number of aryl methyl sites for hydroxylation is 1. The smallest absolute Gasteiger partial charge is 0.272 e. The van der Waals surface area contributed by atoms with Gasteiger partial charge in [-0.05, 0) is 66.9 Å². The van der Waals surface area contributed by atoms with Gasteiger partial charge >= 0.3 is 0 Å². The number of aromatic amines is 1. The normalized spacial score (nSPS) is 12.7. The quantitative estimate of drug-likeness (QED) is 0.276. The Morgan fingerprint density at radius 1 is 0.974 bits per heavy atom. The van der Waals surface area contributed by atoms with Gasteiger partial charge in [0.25, 0.3) is 11.8 Å². The van der Waals surface area contributed by atoms with Crippen LogP contribution in [0.1, 0.15) is 32.1 Å². The lowest BCUT2D eigenvalue weighted by atomic mass is 9.88. The van der Waals surface area contributed by atoms with E-state index in [1.165, 1.54) is 12.1 Å². The summed E-state index contributed by atoms with van der Waals surface area (Å²) >= 11 is 0. The number of hydrogen-bond acceptors (Lipinski definition) is 5. The van der Waals surface area contributed by atoms with E-state index in [0.717, 1.165) is 22.0 Å². The van der Waals surface area contributed by atoms with Crippen LogP contribution < -0.4 is 16.2 Å². The van der Waals surface area contributed by atoms with Crippen molar-refractivity contribution >= 4 is 38.4 Å². The number of anilines is 1. The standard InChI is InChI=1S/C27H22N6O4S/c28-26(34)24-20-12-6-15-5-7-17(30-27(35)23-13-16-3-1-2-4-22(16)31-23)14-21(15)25(20)33(32-24)18-8-10-19(11-9-18)38(29,36)37/h1-5,7-11,13-14,31H,6,12H2,(H2,28,34)(H,30,35)(H2,29,36,37). The molecule has 6 rings (SSSR count). The number of sulfonamides is 1. The van der Waals surface area contributed by atoms with E-state index in [4.69, 9.17) is 10.9 Å². The summed E-state index contributed by atoms with van der Waals surface area (Å²) in [4.78, 5) is 28.3.